The molecule has 6 nitrogen and oxygen atoms in total. The summed E-state index contributed by atoms with van der Waals surface area (Å²) in [5, 5.41) is 0. The van der Waals surface area contributed by atoms with E-state index in [0.29, 0.717) is 19.3 Å². The number of ether oxygens (including phenoxy) is 3. The van der Waals surface area contributed by atoms with E-state index in [1.807, 2.05) is 0 Å². The molecule has 0 aromatic carbocycles. The Morgan fingerprint density at radius 2 is 0.809 bits per heavy atom. The molecule has 0 saturated heterocycles. The van der Waals surface area contributed by atoms with Crippen molar-refractivity contribution in [3.05, 3.63) is 0 Å². The van der Waals surface area contributed by atoms with E-state index < -0.39 is 6.10 Å². The van der Waals surface area contributed by atoms with Gasteiger partial charge in [0.05, 0.1) is 0 Å². The number of carbonyl (C=O) groups excluding carboxylic acids is 3. The number of unbranched alkanes of at least 4 members (excludes halogenated alkanes) is 19. The second-order valence-corrected chi connectivity index (χ2v) is 14.6. The summed E-state index contributed by atoms with van der Waals surface area (Å²) in [6, 6.07) is 0. The average molecular weight is 667 g/mol. The van der Waals surface area contributed by atoms with Crippen LogP contribution in [0, 0.1) is 11.8 Å². The van der Waals surface area contributed by atoms with Crippen LogP contribution in [0.4, 0.5) is 0 Å². The van der Waals surface area contributed by atoms with E-state index in [1.165, 1.54) is 103 Å². The zero-order valence-corrected chi connectivity index (χ0v) is 31.9. The fraction of sp³-hybridized carbons (Fsp3) is 0.927. The second kappa shape index (κ2) is 34.3. The monoisotopic (exact) mass is 667 g/mol. The standard InChI is InChI=1S/C41H78O6/c1-6-8-9-10-11-12-13-14-21-26-31-39(42)45-34-38(47-41(44)33-28-23-17-15-19-24-29-36(3)4)35-46-40(43)32-27-22-18-16-20-25-30-37(5)7-2/h36-38H,6-35H2,1-5H3/t37?,38-/m1/s1. The number of rotatable bonds is 35. The third kappa shape index (κ3) is 34.1. The molecule has 0 aliphatic rings. The van der Waals surface area contributed by atoms with Crippen LogP contribution in [0.3, 0.4) is 0 Å². The van der Waals surface area contributed by atoms with Crippen LogP contribution >= 0.6 is 0 Å². The van der Waals surface area contributed by atoms with Crippen molar-refractivity contribution in [2.45, 2.75) is 221 Å². The van der Waals surface area contributed by atoms with Crippen molar-refractivity contribution in [2.24, 2.45) is 11.8 Å². The molecule has 0 N–H and O–H groups in total. The first kappa shape index (κ1) is 45.4. The summed E-state index contributed by atoms with van der Waals surface area (Å²) < 4.78 is 16.6. The average Bonchev–Trinajstić information content (AvgIpc) is 3.05. The molecule has 0 spiro atoms. The Balaban J connectivity index is 4.37. The molecular weight excluding hydrogens is 588 g/mol. The Kier molecular flexibility index (Phi) is 33.1. The molecule has 6 heteroatoms. The maximum absolute atomic E-state index is 12.6. The smallest absolute Gasteiger partial charge is 0.306 e. The van der Waals surface area contributed by atoms with Gasteiger partial charge in [0.1, 0.15) is 13.2 Å². The molecule has 0 aromatic rings. The van der Waals surface area contributed by atoms with Crippen LogP contribution in [0.2, 0.25) is 0 Å². The molecule has 1 unspecified atom stereocenters. The fourth-order valence-electron chi connectivity index (χ4n) is 5.84. The Bertz CT molecular complexity index is 721. The highest BCUT2D eigenvalue weighted by Gasteiger charge is 2.19. The summed E-state index contributed by atoms with van der Waals surface area (Å²) in [4.78, 5) is 37.4. The molecule has 47 heavy (non-hydrogen) atoms. The van der Waals surface area contributed by atoms with Gasteiger partial charge in [-0.15, -0.1) is 0 Å². The molecule has 0 aromatic heterocycles. The topological polar surface area (TPSA) is 78.9 Å². The van der Waals surface area contributed by atoms with E-state index in [1.54, 1.807) is 0 Å². The minimum absolute atomic E-state index is 0.0673. The third-order valence-corrected chi connectivity index (χ3v) is 9.33. The summed E-state index contributed by atoms with van der Waals surface area (Å²) >= 11 is 0. The number of esters is 3. The van der Waals surface area contributed by atoms with E-state index >= 15 is 0 Å². The van der Waals surface area contributed by atoms with E-state index in [4.69, 9.17) is 14.2 Å². The zero-order chi connectivity index (χ0) is 34.8. The van der Waals surface area contributed by atoms with Crippen LogP contribution in [0.1, 0.15) is 214 Å². The molecule has 0 fully saturated rings. The lowest BCUT2D eigenvalue weighted by molar-refractivity contribution is -0.167. The quantitative estimate of drug-likeness (QED) is 0.0380. The van der Waals surface area contributed by atoms with Crippen molar-refractivity contribution >= 4 is 17.9 Å². The lowest BCUT2D eigenvalue weighted by Crippen LogP contribution is -2.30. The highest BCUT2D eigenvalue weighted by atomic mass is 16.6. The fourth-order valence-corrected chi connectivity index (χ4v) is 5.84. The first-order valence-corrected chi connectivity index (χ1v) is 20.3. The molecule has 0 bridgehead atoms. The molecule has 2 atom stereocenters. The van der Waals surface area contributed by atoms with Gasteiger partial charge >= 0.3 is 17.9 Å². The Labute approximate surface area is 291 Å². The minimum Gasteiger partial charge on any atom is -0.462 e. The zero-order valence-electron chi connectivity index (χ0n) is 31.9. The third-order valence-electron chi connectivity index (χ3n) is 9.33. The van der Waals surface area contributed by atoms with Gasteiger partial charge in [-0.1, -0.05) is 176 Å². The van der Waals surface area contributed by atoms with Crippen molar-refractivity contribution in [2.75, 3.05) is 13.2 Å². The van der Waals surface area contributed by atoms with E-state index in [-0.39, 0.29) is 31.1 Å². The summed E-state index contributed by atoms with van der Waals surface area (Å²) in [5.41, 5.74) is 0. The van der Waals surface area contributed by atoms with Crippen molar-refractivity contribution in [1.29, 1.82) is 0 Å². The molecule has 0 heterocycles. The summed E-state index contributed by atoms with van der Waals surface area (Å²) in [6.07, 6.45) is 29.6. The molecule has 278 valence electrons. The Morgan fingerprint density at radius 3 is 1.21 bits per heavy atom. The van der Waals surface area contributed by atoms with Crippen LogP contribution in [0.5, 0.6) is 0 Å². The molecule has 0 aliphatic carbocycles. The molecule has 0 amide bonds. The van der Waals surface area contributed by atoms with Gasteiger partial charge in [0.15, 0.2) is 6.10 Å². The van der Waals surface area contributed by atoms with Gasteiger partial charge in [-0.3, -0.25) is 14.4 Å². The molecule has 0 aliphatic heterocycles. The van der Waals surface area contributed by atoms with E-state index in [9.17, 15) is 14.4 Å². The van der Waals surface area contributed by atoms with Crippen molar-refractivity contribution in [1.82, 2.24) is 0 Å². The predicted octanol–water partition coefficient (Wildman–Crippen LogP) is 12.2. The van der Waals surface area contributed by atoms with Crippen molar-refractivity contribution < 1.29 is 28.6 Å². The van der Waals surface area contributed by atoms with Gasteiger partial charge in [-0.05, 0) is 31.1 Å². The first-order chi connectivity index (χ1) is 22.8. The lowest BCUT2D eigenvalue weighted by Gasteiger charge is -2.18. The first-order valence-electron chi connectivity index (χ1n) is 20.3. The van der Waals surface area contributed by atoms with Gasteiger partial charge in [0, 0.05) is 19.3 Å². The van der Waals surface area contributed by atoms with Crippen LogP contribution in [-0.4, -0.2) is 37.2 Å². The normalized spacial score (nSPS) is 12.6. The minimum atomic E-state index is -0.760. The van der Waals surface area contributed by atoms with Gasteiger partial charge in [0.25, 0.3) is 0 Å². The predicted molar refractivity (Wildman–Crippen MR) is 196 cm³/mol. The summed E-state index contributed by atoms with van der Waals surface area (Å²) in [6.45, 7) is 11.2. The van der Waals surface area contributed by atoms with Gasteiger partial charge < -0.3 is 14.2 Å². The highest BCUT2D eigenvalue weighted by molar-refractivity contribution is 5.71. The molecule has 0 saturated carbocycles. The van der Waals surface area contributed by atoms with Gasteiger partial charge in [0.2, 0.25) is 0 Å². The summed E-state index contributed by atoms with van der Waals surface area (Å²) in [7, 11) is 0. The van der Waals surface area contributed by atoms with Crippen LogP contribution in [0.15, 0.2) is 0 Å². The molecular formula is C41H78O6. The largest absolute Gasteiger partial charge is 0.462 e. The SMILES string of the molecule is CCCCCCCCCCCCC(=O)OC[C@H](COC(=O)CCCCCCCCC(C)CC)OC(=O)CCCCCCCCC(C)C. The van der Waals surface area contributed by atoms with Gasteiger partial charge in [-0.25, -0.2) is 0 Å². The van der Waals surface area contributed by atoms with E-state index in [2.05, 4.69) is 34.6 Å². The molecule has 0 rings (SSSR count). The summed E-state index contributed by atoms with van der Waals surface area (Å²) in [5.74, 6) is 0.700. The maximum atomic E-state index is 12.6. The van der Waals surface area contributed by atoms with Crippen molar-refractivity contribution in [3.8, 4) is 0 Å². The lowest BCUT2D eigenvalue weighted by atomic mass is 10.00. The Morgan fingerprint density at radius 1 is 0.447 bits per heavy atom. The highest BCUT2D eigenvalue weighted by Crippen LogP contribution is 2.16. The Hall–Kier alpha value is -1.59. The van der Waals surface area contributed by atoms with Gasteiger partial charge in [-0.2, -0.15) is 0 Å². The second-order valence-electron chi connectivity index (χ2n) is 14.6. The number of carbonyl (C=O) groups is 3. The van der Waals surface area contributed by atoms with Crippen LogP contribution in [-0.2, 0) is 28.6 Å². The number of hydrogen-bond donors (Lipinski definition) is 0. The molecule has 0 radical (unpaired) electrons. The van der Waals surface area contributed by atoms with E-state index in [0.717, 1.165) is 69.6 Å². The number of hydrogen-bond acceptors (Lipinski definition) is 6. The van der Waals surface area contributed by atoms with Crippen LogP contribution < -0.4 is 0 Å². The van der Waals surface area contributed by atoms with Crippen LogP contribution in [0.25, 0.3) is 0 Å². The maximum Gasteiger partial charge on any atom is 0.306 e. The van der Waals surface area contributed by atoms with Crippen molar-refractivity contribution in [3.63, 3.8) is 0 Å².